The molecule has 1 fully saturated rings. The zero-order valence-corrected chi connectivity index (χ0v) is 23.6. The average Bonchev–Trinajstić information content (AvgIpc) is 3.37. The third-order valence-electron chi connectivity index (χ3n) is 7.70. The Morgan fingerprint density at radius 1 is 0.780 bits per heavy atom. The zero-order valence-electron chi connectivity index (χ0n) is 23.6. The van der Waals surface area contributed by atoms with E-state index in [9.17, 15) is 9.59 Å². The number of nitrogens with zero attached hydrogens (tertiary/aromatic N) is 4. The van der Waals surface area contributed by atoms with E-state index in [1.807, 2.05) is 86.8 Å². The molecule has 0 spiro atoms. The minimum Gasteiger partial charge on any atom is -0.368 e. The first kappa shape index (κ1) is 26.3. The van der Waals surface area contributed by atoms with Crippen LogP contribution >= 0.6 is 0 Å². The highest BCUT2D eigenvalue weighted by Crippen LogP contribution is 2.29. The molecule has 5 aromatic rings. The lowest BCUT2D eigenvalue weighted by Crippen LogP contribution is -2.46. The van der Waals surface area contributed by atoms with Crippen LogP contribution in [0.2, 0.25) is 0 Å². The zero-order chi connectivity index (χ0) is 28.5. The van der Waals surface area contributed by atoms with Crippen molar-refractivity contribution in [1.29, 1.82) is 0 Å². The quantitative estimate of drug-likeness (QED) is 0.208. The fourth-order valence-electron chi connectivity index (χ4n) is 5.64. The molecule has 0 aliphatic carbocycles. The van der Waals surface area contributed by atoms with Crippen molar-refractivity contribution in [2.75, 3.05) is 41.3 Å². The number of carbonyl (C=O) groups excluding carboxylic acids is 2. The van der Waals surface area contributed by atoms with Gasteiger partial charge in [-0.1, -0.05) is 36.4 Å². The van der Waals surface area contributed by atoms with Gasteiger partial charge in [0.2, 0.25) is 0 Å². The van der Waals surface area contributed by atoms with E-state index in [0.717, 1.165) is 65.6 Å². The molecule has 1 N–H and O–H groups in total. The van der Waals surface area contributed by atoms with Gasteiger partial charge < -0.3 is 19.5 Å². The van der Waals surface area contributed by atoms with E-state index < -0.39 is 11.7 Å². The fourth-order valence-corrected chi connectivity index (χ4v) is 5.64. The molecule has 7 heteroatoms. The third-order valence-corrected chi connectivity index (χ3v) is 7.70. The predicted octanol–water partition coefficient (Wildman–Crippen LogP) is 6.07. The maximum atomic E-state index is 13.6. The molecule has 1 aliphatic rings. The minimum absolute atomic E-state index is 0.356. The average molecular weight is 544 g/mol. The van der Waals surface area contributed by atoms with E-state index in [1.54, 1.807) is 4.40 Å². The Kier molecular flexibility index (Phi) is 7.01. The van der Waals surface area contributed by atoms with E-state index in [1.165, 1.54) is 5.56 Å². The molecule has 7 nitrogen and oxygen atoms in total. The maximum absolute atomic E-state index is 13.6. The lowest BCUT2D eigenvalue weighted by atomic mass is 10.0. The largest absolute Gasteiger partial charge is 0.368 e. The molecular weight excluding hydrogens is 510 g/mol. The Morgan fingerprint density at radius 3 is 2.24 bits per heavy atom. The molecular formula is C34H33N5O2. The molecule has 2 aromatic carbocycles. The summed E-state index contributed by atoms with van der Waals surface area (Å²) in [5.41, 5.74) is 7.74. The van der Waals surface area contributed by atoms with Gasteiger partial charge in [-0.15, -0.1) is 0 Å². The standard InChI is InChI=1S/C34H33N5O2/c1-23-19-25(3)35-31(20-23)38-17-15-37(16-18-38)27-12-13-30(24(2)21-27)36-34(41)33(40)32-29(26-9-5-4-6-10-26)22-28-11-7-8-14-39(28)32/h4-14,19-22H,15-18H2,1-3H3,(H,36,41). The Bertz CT molecular complexity index is 1730. The number of benzene rings is 2. The first-order valence-corrected chi connectivity index (χ1v) is 13.9. The molecule has 4 heterocycles. The fraction of sp³-hybridized carbons (Fsp3) is 0.206. The number of aryl methyl sites for hydroxylation is 3. The number of Topliss-reactive ketones (excluding diaryl/α,β-unsaturated/α-hetero) is 1. The predicted molar refractivity (Wildman–Crippen MR) is 165 cm³/mol. The molecule has 3 aromatic heterocycles. The molecule has 41 heavy (non-hydrogen) atoms. The van der Waals surface area contributed by atoms with Crippen LogP contribution in [0.15, 0.2) is 91.1 Å². The van der Waals surface area contributed by atoms with Crippen LogP contribution in [0.3, 0.4) is 0 Å². The van der Waals surface area contributed by atoms with Crippen molar-refractivity contribution < 1.29 is 9.59 Å². The van der Waals surface area contributed by atoms with Crippen molar-refractivity contribution in [2.45, 2.75) is 20.8 Å². The van der Waals surface area contributed by atoms with E-state index in [2.05, 4.69) is 40.2 Å². The molecule has 6 rings (SSSR count). The summed E-state index contributed by atoms with van der Waals surface area (Å²) >= 11 is 0. The number of nitrogens with one attached hydrogen (secondary N) is 1. The molecule has 206 valence electrons. The molecule has 0 unspecified atom stereocenters. The van der Waals surface area contributed by atoms with Crippen molar-refractivity contribution in [3.8, 4) is 11.1 Å². The van der Waals surface area contributed by atoms with E-state index in [-0.39, 0.29) is 0 Å². The third kappa shape index (κ3) is 5.31. The lowest BCUT2D eigenvalue weighted by molar-refractivity contribution is -0.112. The number of piperazine rings is 1. The molecule has 1 saturated heterocycles. The first-order valence-electron chi connectivity index (χ1n) is 13.9. The van der Waals surface area contributed by atoms with Gasteiger partial charge in [-0.2, -0.15) is 0 Å². The molecule has 0 saturated carbocycles. The summed E-state index contributed by atoms with van der Waals surface area (Å²) in [5, 5.41) is 2.87. The van der Waals surface area contributed by atoms with Crippen LogP contribution in [0.1, 0.15) is 27.3 Å². The van der Waals surface area contributed by atoms with Crippen molar-refractivity contribution in [3.63, 3.8) is 0 Å². The number of amides is 1. The number of pyridine rings is 2. The Balaban J connectivity index is 1.17. The Labute approximate surface area is 240 Å². The molecule has 1 aliphatic heterocycles. The lowest BCUT2D eigenvalue weighted by Gasteiger charge is -2.37. The minimum atomic E-state index is -0.656. The van der Waals surface area contributed by atoms with Gasteiger partial charge in [-0.25, -0.2) is 4.98 Å². The van der Waals surface area contributed by atoms with Crippen LogP contribution in [0.25, 0.3) is 16.6 Å². The highest BCUT2D eigenvalue weighted by molar-refractivity contribution is 6.47. The second-order valence-corrected chi connectivity index (χ2v) is 10.7. The number of hydrogen-bond acceptors (Lipinski definition) is 5. The van der Waals surface area contributed by atoms with E-state index >= 15 is 0 Å². The van der Waals surface area contributed by atoms with Crippen molar-refractivity contribution in [2.24, 2.45) is 0 Å². The summed E-state index contributed by atoms with van der Waals surface area (Å²) in [4.78, 5) is 36.3. The maximum Gasteiger partial charge on any atom is 0.298 e. The summed E-state index contributed by atoms with van der Waals surface area (Å²) in [7, 11) is 0. The summed E-state index contributed by atoms with van der Waals surface area (Å²) in [6.45, 7) is 9.62. The highest BCUT2D eigenvalue weighted by Gasteiger charge is 2.25. The van der Waals surface area contributed by atoms with Gasteiger partial charge in [0.15, 0.2) is 0 Å². The summed E-state index contributed by atoms with van der Waals surface area (Å²) < 4.78 is 1.79. The summed E-state index contributed by atoms with van der Waals surface area (Å²) in [5.74, 6) is -0.196. The van der Waals surface area contributed by atoms with Crippen LogP contribution in [0.5, 0.6) is 0 Å². The molecule has 1 amide bonds. The van der Waals surface area contributed by atoms with Crippen molar-refractivity contribution in [3.05, 3.63) is 114 Å². The number of carbonyl (C=O) groups is 2. The number of fused-ring (bicyclic) bond motifs is 1. The van der Waals surface area contributed by atoms with Crippen LogP contribution in [-0.2, 0) is 4.79 Å². The normalized spacial score (nSPS) is 13.4. The van der Waals surface area contributed by atoms with Crippen LogP contribution in [0, 0.1) is 20.8 Å². The number of rotatable bonds is 6. The van der Waals surface area contributed by atoms with E-state index in [4.69, 9.17) is 4.98 Å². The molecule has 0 atom stereocenters. The second-order valence-electron chi connectivity index (χ2n) is 10.7. The highest BCUT2D eigenvalue weighted by atomic mass is 16.2. The van der Waals surface area contributed by atoms with Crippen molar-refractivity contribution in [1.82, 2.24) is 9.38 Å². The van der Waals surface area contributed by atoms with Crippen LogP contribution in [0.4, 0.5) is 17.2 Å². The SMILES string of the molecule is Cc1cc(C)nc(N2CCN(c3ccc(NC(=O)C(=O)c4c(-c5ccccc5)cc5ccccn45)c(C)c3)CC2)c1. The van der Waals surface area contributed by atoms with Gasteiger partial charge in [-0.3, -0.25) is 9.59 Å². The number of anilines is 3. The molecule has 0 bridgehead atoms. The topological polar surface area (TPSA) is 70.0 Å². The monoisotopic (exact) mass is 543 g/mol. The van der Waals surface area contributed by atoms with Gasteiger partial charge in [0.25, 0.3) is 11.7 Å². The van der Waals surface area contributed by atoms with Crippen LogP contribution in [-0.4, -0.2) is 47.3 Å². The second kappa shape index (κ2) is 10.9. The smallest absolute Gasteiger partial charge is 0.298 e. The van der Waals surface area contributed by atoms with Crippen LogP contribution < -0.4 is 15.1 Å². The van der Waals surface area contributed by atoms with E-state index in [0.29, 0.717) is 11.4 Å². The Morgan fingerprint density at radius 2 is 1.51 bits per heavy atom. The number of aromatic nitrogens is 2. The molecule has 0 radical (unpaired) electrons. The number of ketones is 1. The Hall–Kier alpha value is -4.91. The summed E-state index contributed by atoms with van der Waals surface area (Å²) in [6.07, 6.45) is 1.82. The van der Waals surface area contributed by atoms with Gasteiger partial charge in [0, 0.05) is 60.5 Å². The first-order chi connectivity index (χ1) is 19.9. The summed E-state index contributed by atoms with van der Waals surface area (Å²) in [6, 6.07) is 27.6. The van der Waals surface area contributed by atoms with Crippen molar-refractivity contribution >= 4 is 34.4 Å². The number of hydrogen-bond donors (Lipinski definition) is 1. The van der Waals surface area contributed by atoms with Gasteiger partial charge >= 0.3 is 0 Å². The van der Waals surface area contributed by atoms with Gasteiger partial charge in [-0.05, 0) is 86.0 Å². The van der Waals surface area contributed by atoms with Gasteiger partial charge in [0.05, 0.1) is 0 Å². The van der Waals surface area contributed by atoms with Gasteiger partial charge in [0.1, 0.15) is 11.5 Å².